The highest BCUT2D eigenvalue weighted by atomic mass is 32.2. The molecule has 1 aromatic heterocycles. The summed E-state index contributed by atoms with van der Waals surface area (Å²) < 4.78 is 41.8. The van der Waals surface area contributed by atoms with Gasteiger partial charge in [0, 0.05) is 11.8 Å². The lowest BCUT2D eigenvalue weighted by molar-refractivity contribution is 0.483. The number of rotatable bonds is 1. The molecule has 0 bridgehead atoms. The maximum Gasteiger partial charge on any atom is 0.294 e. The van der Waals surface area contributed by atoms with Gasteiger partial charge in [-0.2, -0.15) is 12.8 Å². The van der Waals surface area contributed by atoms with Gasteiger partial charge in [-0.3, -0.25) is 4.55 Å². The van der Waals surface area contributed by atoms with E-state index in [1.165, 1.54) is 18.3 Å². The zero-order valence-corrected chi connectivity index (χ0v) is 11.4. The molecule has 0 aliphatic heterocycles. The molecule has 0 fully saturated rings. The fraction of sp³-hybridized carbons (Fsp3) is 0.154. The lowest BCUT2D eigenvalue weighted by atomic mass is 10.2. The van der Waals surface area contributed by atoms with Crippen molar-refractivity contribution in [2.75, 3.05) is 0 Å². The van der Waals surface area contributed by atoms with Gasteiger partial charge >= 0.3 is 0 Å². The number of hydrogen-bond acceptors (Lipinski definition) is 3. The van der Waals surface area contributed by atoms with Gasteiger partial charge < -0.3 is 0 Å². The number of halogens is 1. The number of pyridine rings is 1. The molecule has 6 heteroatoms. The molecule has 1 aromatic carbocycles. The molecule has 102 valence electrons. The third-order valence-corrected chi connectivity index (χ3v) is 3.13. The zero-order valence-electron chi connectivity index (χ0n) is 10.5. The van der Waals surface area contributed by atoms with E-state index < -0.39 is 10.1 Å². The van der Waals surface area contributed by atoms with E-state index in [1.54, 1.807) is 31.2 Å². The summed E-state index contributed by atoms with van der Waals surface area (Å²) in [6.45, 7) is 3.52. The van der Waals surface area contributed by atoms with Gasteiger partial charge in [0.05, 0.1) is 4.90 Å². The maximum absolute atomic E-state index is 12.2. The molecule has 4 nitrogen and oxygen atoms in total. The minimum atomic E-state index is -4.02. The van der Waals surface area contributed by atoms with Crippen LogP contribution in [0.1, 0.15) is 11.1 Å². The van der Waals surface area contributed by atoms with Crippen LogP contribution in [0, 0.1) is 19.8 Å². The van der Waals surface area contributed by atoms with Crippen molar-refractivity contribution in [2.45, 2.75) is 18.7 Å². The smallest absolute Gasteiger partial charge is 0.282 e. The molecule has 2 aromatic rings. The summed E-state index contributed by atoms with van der Waals surface area (Å²) in [4.78, 5) is 3.35. The van der Waals surface area contributed by atoms with Crippen molar-refractivity contribution in [3.05, 3.63) is 59.7 Å². The third kappa shape index (κ3) is 5.15. The molecule has 0 spiro atoms. The van der Waals surface area contributed by atoms with Crippen LogP contribution in [-0.2, 0) is 10.1 Å². The molecule has 0 unspecified atom stereocenters. The fourth-order valence-corrected chi connectivity index (χ4v) is 1.66. The van der Waals surface area contributed by atoms with Crippen molar-refractivity contribution in [2.24, 2.45) is 0 Å². The Balaban J connectivity index is 0.000000200. The first-order valence-electron chi connectivity index (χ1n) is 5.42. The molecule has 1 N–H and O–H groups in total. The topological polar surface area (TPSA) is 67.3 Å². The second-order valence-electron chi connectivity index (χ2n) is 3.90. The molecular weight excluding hydrogens is 269 g/mol. The van der Waals surface area contributed by atoms with Gasteiger partial charge in [0.1, 0.15) is 0 Å². The largest absolute Gasteiger partial charge is 0.294 e. The highest BCUT2D eigenvalue weighted by Crippen LogP contribution is 2.08. The van der Waals surface area contributed by atoms with Crippen LogP contribution in [0.5, 0.6) is 0 Å². The predicted molar refractivity (Wildman–Crippen MR) is 69.9 cm³/mol. The molecule has 2 rings (SSSR count). The Morgan fingerprint density at radius 1 is 1.11 bits per heavy atom. The van der Waals surface area contributed by atoms with Crippen LogP contribution >= 0.6 is 0 Å². The number of aryl methyl sites for hydroxylation is 2. The van der Waals surface area contributed by atoms with Crippen molar-refractivity contribution < 1.29 is 17.4 Å². The fourth-order valence-electron chi connectivity index (χ4n) is 1.18. The molecule has 0 amide bonds. The third-order valence-electron chi connectivity index (χ3n) is 2.26. The Bertz CT molecular complexity index is 618. The van der Waals surface area contributed by atoms with Gasteiger partial charge in [0.25, 0.3) is 10.1 Å². The van der Waals surface area contributed by atoms with Gasteiger partial charge in [-0.15, -0.1) is 0 Å². The summed E-state index contributed by atoms with van der Waals surface area (Å²) in [6, 6.07) is 9.38. The molecule has 0 atom stereocenters. The zero-order chi connectivity index (χ0) is 14.5. The highest BCUT2D eigenvalue weighted by Gasteiger charge is 2.06. The van der Waals surface area contributed by atoms with Gasteiger partial charge in [-0.25, -0.2) is 4.98 Å². The van der Waals surface area contributed by atoms with Crippen molar-refractivity contribution in [3.63, 3.8) is 0 Å². The Labute approximate surface area is 111 Å². The first kappa shape index (κ1) is 15.3. The van der Waals surface area contributed by atoms with E-state index in [1.807, 2.05) is 6.92 Å². The normalized spacial score (nSPS) is 10.5. The molecule has 19 heavy (non-hydrogen) atoms. The van der Waals surface area contributed by atoms with Crippen LogP contribution in [0.2, 0.25) is 0 Å². The second kappa shape index (κ2) is 6.40. The molecular formula is C13H14FNO3S. The van der Waals surface area contributed by atoms with E-state index in [-0.39, 0.29) is 10.8 Å². The van der Waals surface area contributed by atoms with Gasteiger partial charge in [-0.1, -0.05) is 23.8 Å². The number of hydrogen-bond donors (Lipinski definition) is 1. The highest BCUT2D eigenvalue weighted by molar-refractivity contribution is 7.85. The summed E-state index contributed by atoms with van der Waals surface area (Å²) in [5.41, 5.74) is 1.55. The van der Waals surface area contributed by atoms with E-state index in [0.717, 1.165) is 5.56 Å². The summed E-state index contributed by atoms with van der Waals surface area (Å²) in [6.07, 6.45) is 1.43. The van der Waals surface area contributed by atoms with Crippen molar-refractivity contribution >= 4 is 10.1 Å². The van der Waals surface area contributed by atoms with Crippen LogP contribution in [0.25, 0.3) is 0 Å². The van der Waals surface area contributed by atoms with E-state index in [9.17, 15) is 12.8 Å². The number of benzene rings is 1. The molecule has 0 aliphatic rings. The summed E-state index contributed by atoms with van der Waals surface area (Å²) in [5, 5.41) is 0. The summed E-state index contributed by atoms with van der Waals surface area (Å²) in [7, 11) is -4.02. The molecule has 0 radical (unpaired) electrons. The molecule has 0 saturated carbocycles. The van der Waals surface area contributed by atoms with Crippen molar-refractivity contribution in [1.29, 1.82) is 0 Å². The minimum Gasteiger partial charge on any atom is -0.282 e. The molecule has 0 aliphatic carbocycles. The quantitative estimate of drug-likeness (QED) is 0.645. The monoisotopic (exact) mass is 283 g/mol. The predicted octanol–water partition coefficient (Wildman–Crippen LogP) is 2.77. The summed E-state index contributed by atoms with van der Waals surface area (Å²) in [5.74, 6) is -0.382. The standard InChI is InChI=1S/C7H8O3S.C6H6FN/c1-6-2-4-7(5-3-6)11(8,9)10;1-5-3-2-4-8-6(5)7/h2-5H,1H3,(H,8,9,10);2-4H,1H3. The number of aromatic nitrogens is 1. The molecule has 1 heterocycles. The van der Waals surface area contributed by atoms with E-state index in [2.05, 4.69) is 4.98 Å². The first-order valence-corrected chi connectivity index (χ1v) is 6.86. The van der Waals surface area contributed by atoms with Gasteiger partial charge in [0.15, 0.2) is 0 Å². The number of nitrogens with zero attached hydrogens (tertiary/aromatic N) is 1. The maximum atomic E-state index is 12.2. The average Bonchev–Trinajstić information content (AvgIpc) is 2.33. The minimum absolute atomic E-state index is 0.0666. The lowest BCUT2D eigenvalue weighted by Gasteiger charge is -1.95. The Hall–Kier alpha value is -1.79. The van der Waals surface area contributed by atoms with Crippen LogP contribution < -0.4 is 0 Å². The van der Waals surface area contributed by atoms with E-state index in [4.69, 9.17) is 4.55 Å². The van der Waals surface area contributed by atoms with E-state index >= 15 is 0 Å². The van der Waals surface area contributed by atoms with Crippen LogP contribution in [0.3, 0.4) is 0 Å². The first-order chi connectivity index (χ1) is 8.80. The SMILES string of the molecule is Cc1ccc(S(=O)(=O)O)cc1.Cc1cccnc1F. The van der Waals surface area contributed by atoms with Gasteiger partial charge in [0.2, 0.25) is 5.95 Å². The molecule has 0 saturated heterocycles. The average molecular weight is 283 g/mol. The Morgan fingerprint density at radius 2 is 1.68 bits per heavy atom. The van der Waals surface area contributed by atoms with Crippen LogP contribution in [0.4, 0.5) is 4.39 Å². The van der Waals surface area contributed by atoms with Crippen molar-refractivity contribution in [1.82, 2.24) is 4.98 Å². The van der Waals surface area contributed by atoms with Gasteiger partial charge in [-0.05, 0) is 32.0 Å². The second-order valence-corrected chi connectivity index (χ2v) is 5.32. The van der Waals surface area contributed by atoms with E-state index in [0.29, 0.717) is 5.56 Å². The van der Waals surface area contributed by atoms with Crippen LogP contribution in [-0.4, -0.2) is 18.0 Å². The van der Waals surface area contributed by atoms with Crippen LogP contribution in [0.15, 0.2) is 47.5 Å². The Morgan fingerprint density at radius 3 is 2.05 bits per heavy atom. The summed E-state index contributed by atoms with van der Waals surface area (Å²) >= 11 is 0. The Kier molecular flexibility index (Phi) is 5.14. The van der Waals surface area contributed by atoms with Crippen molar-refractivity contribution in [3.8, 4) is 0 Å². The lowest BCUT2D eigenvalue weighted by Crippen LogP contribution is -1.96.